The number of rotatable bonds is 5. The van der Waals surface area contributed by atoms with E-state index >= 15 is 0 Å². The number of hydrogen-bond donors (Lipinski definition) is 1. The molecule has 0 saturated carbocycles. The van der Waals surface area contributed by atoms with Gasteiger partial charge in [0.15, 0.2) is 0 Å². The molecule has 0 atom stereocenters. The molecule has 0 aromatic heterocycles. The Labute approximate surface area is 131 Å². The fourth-order valence-electron chi connectivity index (χ4n) is 2.73. The Morgan fingerprint density at radius 2 is 1.48 bits per heavy atom. The molecule has 0 aliphatic heterocycles. The van der Waals surface area contributed by atoms with E-state index in [0.29, 0.717) is 6.54 Å². The highest BCUT2D eigenvalue weighted by Gasteiger charge is 2.20. The molecule has 0 aliphatic rings. The number of hydrogen-bond acceptors (Lipinski definition) is 2. The molecule has 0 spiro atoms. The van der Waals surface area contributed by atoms with Crippen molar-refractivity contribution in [3.63, 3.8) is 0 Å². The van der Waals surface area contributed by atoms with Gasteiger partial charge in [-0.3, -0.25) is 4.90 Å². The monoisotopic (exact) mass is 291 g/mol. The first-order valence-corrected chi connectivity index (χ1v) is 7.99. The van der Waals surface area contributed by atoms with Crippen LogP contribution in [0.5, 0.6) is 0 Å². The Morgan fingerprint density at radius 1 is 1.00 bits per heavy atom. The van der Waals surface area contributed by atoms with Crippen LogP contribution in [0, 0.1) is 13.8 Å². The van der Waals surface area contributed by atoms with Gasteiger partial charge >= 0.3 is 0 Å². The minimum atomic E-state index is -0.650. The first-order valence-electron chi connectivity index (χ1n) is 7.99. The summed E-state index contributed by atoms with van der Waals surface area (Å²) in [5, 5.41) is 10.0. The van der Waals surface area contributed by atoms with Crippen molar-refractivity contribution >= 4 is 0 Å². The lowest BCUT2D eigenvalue weighted by Gasteiger charge is -2.30. The van der Waals surface area contributed by atoms with Crippen molar-refractivity contribution in [1.82, 2.24) is 4.90 Å². The zero-order valence-electron chi connectivity index (χ0n) is 15.2. The molecule has 120 valence electrons. The smallest absolute Gasteiger partial charge is 0.0718 e. The number of nitrogens with zero attached hydrogens (tertiary/aromatic N) is 1. The zero-order valence-corrected chi connectivity index (χ0v) is 15.2. The van der Waals surface area contributed by atoms with Crippen LogP contribution < -0.4 is 0 Å². The van der Waals surface area contributed by atoms with Gasteiger partial charge < -0.3 is 5.11 Å². The molecule has 21 heavy (non-hydrogen) atoms. The molecule has 1 rings (SSSR count). The van der Waals surface area contributed by atoms with Gasteiger partial charge in [-0.25, -0.2) is 0 Å². The standard InChI is InChI=1S/C19H33NO/c1-9-20(13-19(7,8)21)12-17-14(2)10-16(11-15(17)3)18(4,5)6/h10-11,21H,9,12-13H2,1-8H3. The second-order valence-corrected chi connectivity index (χ2v) is 7.95. The van der Waals surface area contributed by atoms with E-state index in [1.807, 2.05) is 13.8 Å². The molecule has 2 nitrogen and oxygen atoms in total. The summed E-state index contributed by atoms with van der Waals surface area (Å²) >= 11 is 0. The lowest BCUT2D eigenvalue weighted by molar-refractivity contribution is 0.0352. The van der Waals surface area contributed by atoms with Crippen LogP contribution in [-0.4, -0.2) is 28.7 Å². The molecule has 0 amide bonds. The Morgan fingerprint density at radius 3 is 1.81 bits per heavy atom. The summed E-state index contributed by atoms with van der Waals surface area (Å²) in [6.07, 6.45) is 0. The maximum absolute atomic E-state index is 10.0. The maximum atomic E-state index is 10.0. The summed E-state index contributed by atoms with van der Waals surface area (Å²) < 4.78 is 0. The molecule has 1 aromatic rings. The number of benzene rings is 1. The maximum Gasteiger partial charge on any atom is 0.0718 e. The van der Waals surface area contributed by atoms with Crippen LogP contribution >= 0.6 is 0 Å². The third-order valence-electron chi connectivity index (χ3n) is 4.00. The van der Waals surface area contributed by atoms with Crippen molar-refractivity contribution in [3.05, 3.63) is 34.4 Å². The van der Waals surface area contributed by atoms with Gasteiger partial charge in [-0.1, -0.05) is 39.8 Å². The van der Waals surface area contributed by atoms with Crippen LogP contribution in [0.2, 0.25) is 0 Å². The van der Waals surface area contributed by atoms with E-state index in [1.54, 1.807) is 0 Å². The zero-order chi connectivity index (χ0) is 16.4. The van der Waals surface area contributed by atoms with Crippen molar-refractivity contribution in [2.24, 2.45) is 0 Å². The predicted molar refractivity (Wildman–Crippen MR) is 91.9 cm³/mol. The number of aryl methyl sites for hydroxylation is 2. The summed E-state index contributed by atoms with van der Waals surface area (Å²) in [6, 6.07) is 4.64. The van der Waals surface area contributed by atoms with E-state index in [2.05, 4.69) is 58.6 Å². The summed E-state index contributed by atoms with van der Waals surface area (Å²) in [6.45, 7) is 19.6. The van der Waals surface area contributed by atoms with E-state index in [9.17, 15) is 5.11 Å². The SMILES string of the molecule is CCN(Cc1c(C)cc(C(C)(C)C)cc1C)CC(C)(C)O. The fourth-order valence-corrected chi connectivity index (χ4v) is 2.73. The average Bonchev–Trinajstić information content (AvgIpc) is 2.29. The quantitative estimate of drug-likeness (QED) is 0.879. The van der Waals surface area contributed by atoms with Crippen molar-refractivity contribution in [1.29, 1.82) is 0 Å². The van der Waals surface area contributed by atoms with Gasteiger partial charge in [-0.15, -0.1) is 0 Å². The molecule has 0 bridgehead atoms. The minimum absolute atomic E-state index is 0.186. The molecule has 0 fully saturated rings. The summed E-state index contributed by atoms with van der Waals surface area (Å²) in [5.74, 6) is 0. The normalized spacial score (nSPS) is 13.0. The van der Waals surface area contributed by atoms with Gasteiger partial charge in [0.2, 0.25) is 0 Å². The second-order valence-electron chi connectivity index (χ2n) is 7.95. The minimum Gasteiger partial charge on any atom is -0.389 e. The van der Waals surface area contributed by atoms with Crippen LogP contribution in [0.1, 0.15) is 63.8 Å². The molecular weight excluding hydrogens is 258 g/mol. The second kappa shape index (κ2) is 6.50. The van der Waals surface area contributed by atoms with E-state index in [4.69, 9.17) is 0 Å². The van der Waals surface area contributed by atoms with E-state index in [-0.39, 0.29) is 5.41 Å². The van der Waals surface area contributed by atoms with Gasteiger partial charge in [0.1, 0.15) is 0 Å². The Bertz CT molecular complexity index is 454. The van der Waals surface area contributed by atoms with Crippen molar-refractivity contribution in [3.8, 4) is 0 Å². The van der Waals surface area contributed by atoms with Gasteiger partial charge in [0, 0.05) is 13.1 Å². The van der Waals surface area contributed by atoms with E-state index < -0.39 is 5.60 Å². The van der Waals surface area contributed by atoms with Gasteiger partial charge in [0.05, 0.1) is 5.60 Å². The predicted octanol–water partition coefficient (Wildman–Crippen LogP) is 4.19. The van der Waals surface area contributed by atoms with Crippen molar-refractivity contribution in [2.45, 2.75) is 73.0 Å². The van der Waals surface area contributed by atoms with Crippen LogP contribution in [0.15, 0.2) is 12.1 Å². The van der Waals surface area contributed by atoms with Crippen LogP contribution in [-0.2, 0) is 12.0 Å². The van der Waals surface area contributed by atoms with Gasteiger partial charge in [0.25, 0.3) is 0 Å². The largest absolute Gasteiger partial charge is 0.389 e. The molecule has 1 N–H and O–H groups in total. The topological polar surface area (TPSA) is 23.5 Å². The third kappa shape index (κ3) is 5.44. The summed E-state index contributed by atoms with van der Waals surface area (Å²) in [5.41, 5.74) is 5.04. The highest BCUT2D eigenvalue weighted by atomic mass is 16.3. The fraction of sp³-hybridized carbons (Fsp3) is 0.684. The summed E-state index contributed by atoms with van der Waals surface area (Å²) in [4.78, 5) is 2.31. The molecule has 2 heteroatoms. The van der Waals surface area contributed by atoms with E-state index in [1.165, 1.54) is 22.3 Å². The summed E-state index contributed by atoms with van der Waals surface area (Å²) in [7, 11) is 0. The highest BCUT2D eigenvalue weighted by Crippen LogP contribution is 2.27. The lowest BCUT2D eigenvalue weighted by Crippen LogP contribution is -2.38. The van der Waals surface area contributed by atoms with Gasteiger partial charge in [-0.05, 0) is 61.9 Å². The average molecular weight is 291 g/mol. The highest BCUT2D eigenvalue weighted by molar-refractivity contribution is 5.40. The molecule has 1 aromatic carbocycles. The van der Waals surface area contributed by atoms with Crippen molar-refractivity contribution < 1.29 is 5.11 Å². The first kappa shape index (κ1) is 18.2. The van der Waals surface area contributed by atoms with Crippen LogP contribution in [0.3, 0.4) is 0 Å². The Hall–Kier alpha value is -0.860. The van der Waals surface area contributed by atoms with Crippen LogP contribution in [0.25, 0.3) is 0 Å². The van der Waals surface area contributed by atoms with Gasteiger partial charge in [-0.2, -0.15) is 0 Å². The molecule has 0 unspecified atom stereocenters. The van der Waals surface area contributed by atoms with Crippen molar-refractivity contribution in [2.75, 3.05) is 13.1 Å². The van der Waals surface area contributed by atoms with Crippen LogP contribution in [0.4, 0.5) is 0 Å². The molecule has 0 saturated heterocycles. The molecule has 0 aliphatic carbocycles. The third-order valence-corrected chi connectivity index (χ3v) is 4.00. The van der Waals surface area contributed by atoms with E-state index in [0.717, 1.165) is 13.1 Å². The number of aliphatic hydroxyl groups is 1. The molecule has 0 radical (unpaired) electrons. The molecule has 0 heterocycles. The molecular formula is C19H33NO. The first-order chi connectivity index (χ1) is 9.44. The number of likely N-dealkylation sites (N-methyl/N-ethyl adjacent to an activating group) is 1. The Kier molecular flexibility index (Phi) is 5.63. The lowest BCUT2D eigenvalue weighted by atomic mass is 9.83. The Balaban J connectivity index is 3.04.